The predicted octanol–water partition coefficient (Wildman–Crippen LogP) is 3.50. The van der Waals surface area contributed by atoms with Crippen LogP contribution in [0.5, 0.6) is 0 Å². The summed E-state index contributed by atoms with van der Waals surface area (Å²) in [6.45, 7) is 0.477. The molecule has 0 spiro atoms. The summed E-state index contributed by atoms with van der Waals surface area (Å²) >= 11 is 8.06. The van der Waals surface area contributed by atoms with Gasteiger partial charge in [-0.25, -0.2) is 9.36 Å². The molecule has 0 atom stereocenters. The average molecular weight is 438 g/mol. The van der Waals surface area contributed by atoms with E-state index in [0.717, 1.165) is 21.3 Å². The van der Waals surface area contributed by atoms with Gasteiger partial charge in [-0.1, -0.05) is 28.1 Å². The number of thiol groups is 1. The zero-order valence-electron chi connectivity index (χ0n) is 13.9. The van der Waals surface area contributed by atoms with E-state index in [1.807, 2.05) is 36.4 Å². The highest BCUT2D eigenvalue weighted by Crippen LogP contribution is 2.27. The van der Waals surface area contributed by atoms with Crippen molar-refractivity contribution in [3.8, 4) is 23.1 Å². The Balaban J connectivity index is 1.66. The van der Waals surface area contributed by atoms with Gasteiger partial charge in [0.05, 0.1) is 35.6 Å². The fraction of sp³-hybridized carbons (Fsp3) is 0.0556. The second-order valence-electron chi connectivity index (χ2n) is 5.74. The molecule has 0 aliphatic carbocycles. The Kier molecular flexibility index (Phi) is 4.75. The van der Waals surface area contributed by atoms with Gasteiger partial charge in [-0.3, -0.25) is 0 Å². The second kappa shape index (κ2) is 7.34. The van der Waals surface area contributed by atoms with Crippen LogP contribution in [0.3, 0.4) is 0 Å². The minimum atomic E-state index is 0.477. The zero-order valence-corrected chi connectivity index (χ0v) is 16.3. The van der Waals surface area contributed by atoms with Crippen LogP contribution >= 0.6 is 28.6 Å². The maximum absolute atomic E-state index is 8.91. The first-order valence-corrected chi connectivity index (χ1v) is 9.18. The Morgan fingerprint density at radius 1 is 1.07 bits per heavy atom. The molecular weight excluding hydrogens is 426 g/mol. The fourth-order valence-electron chi connectivity index (χ4n) is 2.63. The molecule has 4 aromatic rings. The molecule has 0 amide bonds. The summed E-state index contributed by atoms with van der Waals surface area (Å²) in [6.07, 6.45) is 1.70. The fourth-order valence-corrected chi connectivity index (χ4v) is 3.22. The minimum absolute atomic E-state index is 0.477. The Labute approximate surface area is 168 Å². The number of halogens is 1. The molecule has 0 aliphatic heterocycles. The first-order chi connectivity index (χ1) is 13.2. The van der Waals surface area contributed by atoms with Crippen LogP contribution in [-0.4, -0.2) is 30.0 Å². The lowest BCUT2D eigenvalue weighted by molar-refractivity contribution is 0.652. The smallest absolute Gasteiger partial charge is 0.186 e. The van der Waals surface area contributed by atoms with Crippen molar-refractivity contribution in [2.24, 2.45) is 0 Å². The Morgan fingerprint density at radius 2 is 1.81 bits per heavy atom. The lowest BCUT2D eigenvalue weighted by Crippen LogP contribution is -2.04. The van der Waals surface area contributed by atoms with Crippen molar-refractivity contribution < 1.29 is 0 Å². The Morgan fingerprint density at radius 3 is 2.52 bits per heavy atom. The third-order valence-corrected chi connectivity index (χ3v) is 4.96. The number of rotatable bonds is 4. The van der Waals surface area contributed by atoms with Gasteiger partial charge in [-0.15, -0.1) is 17.7 Å². The quantitative estimate of drug-likeness (QED) is 0.493. The molecule has 2 aromatic heterocycles. The van der Waals surface area contributed by atoms with Crippen molar-refractivity contribution >= 4 is 28.6 Å². The number of hydrogen-bond acceptors (Lipinski definition) is 6. The summed E-state index contributed by atoms with van der Waals surface area (Å²) in [7, 11) is 0. The monoisotopic (exact) mass is 437 g/mol. The van der Waals surface area contributed by atoms with Gasteiger partial charge in [0.2, 0.25) is 0 Å². The zero-order chi connectivity index (χ0) is 18.8. The Bertz CT molecular complexity index is 1120. The highest BCUT2D eigenvalue weighted by molar-refractivity contribution is 9.10. The molecule has 0 radical (unpaired) electrons. The molecule has 0 saturated heterocycles. The Hall–Kier alpha value is -2.96. The van der Waals surface area contributed by atoms with Gasteiger partial charge in [0.1, 0.15) is 5.03 Å². The molecule has 9 heteroatoms. The van der Waals surface area contributed by atoms with Crippen LogP contribution < -0.4 is 0 Å². The van der Waals surface area contributed by atoms with E-state index in [9.17, 15) is 0 Å². The molecule has 2 heterocycles. The van der Waals surface area contributed by atoms with Crippen molar-refractivity contribution in [3.05, 3.63) is 70.3 Å². The molecule has 132 valence electrons. The van der Waals surface area contributed by atoms with E-state index in [4.69, 9.17) is 5.26 Å². The molecule has 2 aromatic carbocycles. The topological polar surface area (TPSA) is 85.2 Å². The van der Waals surface area contributed by atoms with Crippen molar-refractivity contribution in [2.45, 2.75) is 11.6 Å². The SMILES string of the molecule is N#Cc1ccc(Cn2nnnc2-c2cnn(-c3ccc(Br)cc3)c2S)cc1. The molecule has 0 bridgehead atoms. The third-order valence-electron chi connectivity index (χ3n) is 4.00. The van der Waals surface area contributed by atoms with Crippen LogP contribution in [0.25, 0.3) is 17.1 Å². The molecule has 7 nitrogen and oxygen atoms in total. The van der Waals surface area contributed by atoms with E-state index in [2.05, 4.69) is 55.3 Å². The van der Waals surface area contributed by atoms with Crippen LogP contribution in [0.1, 0.15) is 11.1 Å². The molecule has 27 heavy (non-hydrogen) atoms. The normalized spacial score (nSPS) is 10.7. The highest BCUT2D eigenvalue weighted by atomic mass is 79.9. The highest BCUT2D eigenvalue weighted by Gasteiger charge is 2.17. The maximum atomic E-state index is 8.91. The second-order valence-corrected chi connectivity index (χ2v) is 7.08. The van der Waals surface area contributed by atoms with Gasteiger partial charge in [-0.05, 0) is 52.4 Å². The predicted molar refractivity (Wildman–Crippen MR) is 106 cm³/mol. The van der Waals surface area contributed by atoms with E-state index in [-0.39, 0.29) is 0 Å². The first kappa shape index (κ1) is 17.5. The number of nitriles is 1. The third kappa shape index (κ3) is 3.49. The lowest BCUT2D eigenvalue weighted by atomic mass is 10.1. The van der Waals surface area contributed by atoms with Crippen molar-refractivity contribution in [2.75, 3.05) is 0 Å². The summed E-state index contributed by atoms with van der Waals surface area (Å²) in [5, 5.41) is 26.0. The number of hydrogen-bond donors (Lipinski definition) is 1. The molecular formula is C18H12BrN7S. The van der Waals surface area contributed by atoms with E-state index >= 15 is 0 Å². The van der Waals surface area contributed by atoms with Crippen LogP contribution in [0.15, 0.2) is 64.2 Å². The largest absolute Gasteiger partial charge is 0.227 e. The number of nitrogens with zero attached hydrogens (tertiary/aromatic N) is 7. The summed E-state index contributed by atoms with van der Waals surface area (Å²) in [5.41, 5.74) is 3.23. The van der Waals surface area contributed by atoms with Gasteiger partial charge in [0, 0.05) is 4.47 Å². The number of tetrazole rings is 1. The van der Waals surface area contributed by atoms with E-state index in [1.54, 1.807) is 27.7 Å². The van der Waals surface area contributed by atoms with E-state index < -0.39 is 0 Å². The van der Waals surface area contributed by atoms with Gasteiger partial charge >= 0.3 is 0 Å². The number of aromatic nitrogens is 6. The molecule has 4 rings (SSSR count). The lowest BCUT2D eigenvalue weighted by Gasteiger charge is -2.06. The first-order valence-electron chi connectivity index (χ1n) is 7.94. The summed E-state index contributed by atoms with van der Waals surface area (Å²) in [5.74, 6) is 0.577. The summed E-state index contributed by atoms with van der Waals surface area (Å²) < 4.78 is 4.40. The molecule has 0 saturated carbocycles. The average Bonchev–Trinajstić information content (AvgIpc) is 3.29. The molecule has 0 aliphatic rings. The van der Waals surface area contributed by atoms with Crippen LogP contribution in [0, 0.1) is 11.3 Å². The van der Waals surface area contributed by atoms with Crippen molar-refractivity contribution in [1.82, 2.24) is 30.0 Å². The van der Waals surface area contributed by atoms with Gasteiger partial charge in [0.25, 0.3) is 0 Å². The molecule has 0 N–H and O–H groups in total. The molecule has 0 fully saturated rings. The van der Waals surface area contributed by atoms with Gasteiger partial charge in [-0.2, -0.15) is 10.4 Å². The van der Waals surface area contributed by atoms with Crippen molar-refractivity contribution in [1.29, 1.82) is 5.26 Å². The maximum Gasteiger partial charge on any atom is 0.186 e. The van der Waals surface area contributed by atoms with Crippen LogP contribution in [-0.2, 0) is 6.54 Å². The summed E-state index contributed by atoms with van der Waals surface area (Å²) in [6, 6.07) is 17.2. The standard InChI is InChI=1S/C18H12BrN7S/c19-14-5-7-15(8-6-14)26-18(27)16(10-21-26)17-22-23-24-25(17)11-13-3-1-12(9-20)2-4-13/h1-8,10,27H,11H2. The molecule has 0 unspecified atom stereocenters. The van der Waals surface area contributed by atoms with Gasteiger partial charge < -0.3 is 0 Å². The number of benzene rings is 2. The van der Waals surface area contributed by atoms with Crippen molar-refractivity contribution in [3.63, 3.8) is 0 Å². The van der Waals surface area contributed by atoms with Gasteiger partial charge in [0.15, 0.2) is 5.82 Å². The van der Waals surface area contributed by atoms with E-state index in [0.29, 0.717) is 23.0 Å². The van der Waals surface area contributed by atoms with Crippen LogP contribution in [0.4, 0.5) is 0 Å². The minimum Gasteiger partial charge on any atom is -0.227 e. The summed E-state index contributed by atoms with van der Waals surface area (Å²) in [4.78, 5) is 0. The van der Waals surface area contributed by atoms with E-state index in [1.165, 1.54) is 0 Å². The van der Waals surface area contributed by atoms with Crippen LogP contribution in [0.2, 0.25) is 0 Å².